The molecule has 0 bridgehead atoms. The van der Waals surface area contributed by atoms with Crippen LogP contribution in [0.4, 0.5) is 17.6 Å². The first kappa shape index (κ1) is 15.2. The van der Waals surface area contributed by atoms with Gasteiger partial charge in [0.05, 0.1) is 5.56 Å². The Morgan fingerprint density at radius 2 is 1.89 bits per heavy atom. The van der Waals surface area contributed by atoms with Crippen LogP contribution in [-0.4, -0.2) is 0 Å². The Morgan fingerprint density at radius 3 is 2.33 bits per heavy atom. The minimum atomic E-state index is -4.65. The molecule has 1 saturated carbocycles. The predicted octanol–water partition coefficient (Wildman–Crippen LogP) is 4.07. The maximum atomic E-state index is 13.3. The first-order chi connectivity index (χ1) is 7.88. The van der Waals surface area contributed by atoms with E-state index in [0.717, 1.165) is 25.0 Å². The summed E-state index contributed by atoms with van der Waals surface area (Å²) in [4.78, 5) is 0. The summed E-state index contributed by atoms with van der Waals surface area (Å²) in [5.74, 6) is -0.698. The topological polar surface area (TPSA) is 26.0 Å². The van der Waals surface area contributed by atoms with Gasteiger partial charge in [0.2, 0.25) is 0 Å². The van der Waals surface area contributed by atoms with Crippen molar-refractivity contribution in [3.63, 3.8) is 0 Å². The van der Waals surface area contributed by atoms with Gasteiger partial charge in [0.15, 0.2) is 0 Å². The lowest BCUT2D eigenvalue weighted by Crippen LogP contribution is -2.13. The summed E-state index contributed by atoms with van der Waals surface area (Å²) in [7, 11) is 0. The van der Waals surface area contributed by atoms with E-state index < -0.39 is 17.6 Å². The normalized spacial score (nSPS) is 17.2. The van der Waals surface area contributed by atoms with E-state index in [1.54, 1.807) is 0 Å². The van der Waals surface area contributed by atoms with Crippen molar-refractivity contribution >= 4 is 12.4 Å². The van der Waals surface area contributed by atoms with Gasteiger partial charge in [-0.05, 0) is 30.0 Å². The molecule has 0 saturated heterocycles. The van der Waals surface area contributed by atoms with Crippen LogP contribution in [0, 0.1) is 11.7 Å². The number of halogens is 5. The standard InChI is InChI=1S/C12H13F4N.ClH/c13-10-6-8(11(17)5-7-1-2-7)3-4-9(10)12(14,15)16;/h3-4,6-7,11H,1-2,5,17H2;1H/t11-;/m0./s1. The summed E-state index contributed by atoms with van der Waals surface area (Å²) in [5, 5.41) is 0. The molecular formula is C12H14ClF4N. The zero-order chi connectivity index (χ0) is 12.6. The van der Waals surface area contributed by atoms with Gasteiger partial charge in [-0.25, -0.2) is 4.39 Å². The Kier molecular flexibility index (Phi) is 4.61. The van der Waals surface area contributed by atoms with Crippen molar-refractivity contribution < 1.29 is 17.6 Å². The quantitative estimate of drug-likeness (QED) is 0.832. The number of alkyl halides is 3. The molecule has 0 aliphatic heterocycles. The summed E-state index contributed by atoms with van der Waals surface area (Å²) < 4.78 is 50.3. The third-order valence-corrected chi connectivity index (χ3v) is 3.01. The van der Waals surface area contributed by atoms with E-state index in [1.165, 1.54) is 6.07 Å². The van der Waals surface area contributed by atoms with Crippen LogP contribution in [0.2, 0.25) is 0 Å². The second-order valence-electron chi connectivity index (χ2n) is 4.52. The molecule has 1 fully saturated rings. The maximum absolute atomic E-state index is 13.3. The summed E-state index contributed by atoms with van der Waals surface area (Å²) in [6.07, 6.45) is -1.72. The fourth-order valence-corrected chi connectivity index (χ4v) is 1.84. The number of hydrogen-bond donors (Lipinski definition) is 1. The van der Waals surface area contributed by atoms with Crippen LogP contribution < -0.4 is 5.73 Å². The Balaban J connectivity index is 0.00000162. The fraction of sp³-hybridized carbons (Fsp3) is 0.500. The van der Waals surface area contributed by atoms with E-state index in [2.05, 4.69) is 0 Å². The van der Waals surface area contributed by atoms with Crippen LogP contribution in [0.5, 0.6) is 0 Å². The smallest absolute Gasteiger partial charge is 0.324 e. The molecule has 1 aromatic rings. The number of hydrogen-bond acceptors (Lipinski definition) is 1. The summed E-state index contributed by atoms with van der Waals surface area (Å²) in [6, 6.07) is 2.55. The predicted molar refractivity (Wildman–Crippen MR) is 62.9 cm³/mol. The maximum Gasteiger partial charge on any atom is 0.419 e. The lowest BCUT2D eigenvalue weighted by molar-refractivity contribution is -0.140. The van der Waals surface area contributed by atoms with Gasteiger partial charge in [0, 0.05) is 6.04 Å². The lowest BCUT2D eigenvalue weighted by Gasteiger charge is -2.14. The van der Waals surface area contributed by atoms with Gasteiger partial charge in [-0.1, -0.05) is 18.9 Å². The molecule has 102 valence electrons. The zero-order valence-electron chi connectivity index (χ0n) is 9.51. The largest absolute Gasteiger partial charge is 0.419 e. The van der Waals surface area contributed by atoms with E-state index in [1.807, 2.05) is 0 Å². The van der Waals surface area contributed by atoms with Gasteiger partial charge in [0.25, 0.3) is 0 Å². The van der Waals surface area contributed by atoms with Gasteiger partial charge in [-0.3, -0.25) is 0 Å². The average molecular weight is 284 g/mol. The average Bonchev–Trinajstić information content (AvgIpc) is 2.99. The number of nitrogens with two attached hydrogens (primary N) is 1. The van der Waals surface area contributed by atoms with Crippen LogP contribution in [0.25, 0.3) is 0 Å². The number of benzene rings is 1. The highest BCUT2D eigenvalue weighted by Gasteiger charge is 2.34. The van der Waals surface area contributed by atoms with E-state index >= 15 is 0 Å². The zero-order valence-corrected chi connectivity index (χ0v) is 10.3. The molecule has 1 aromatic carbocycles. The second-order valence-corrected chi connectivity index (χ2v) is 4.52. The molecule has 0 unspecified atom stereocenters. The molecule has 0 spiro atoms. The molecule has 0 heterocycles. The Hall–Kier alpha value is -0.810. The fourth-order valence-electron chi connectivity index (χ4n) is 1.84. The van der Waals surface area contributed by atoms with Gasteiger partial charge in [0.1, 0.15) is 5.82 Å². The highest BCUT2D eigenvalue weighted by molar-refractivity contribution is 5.85. The van der Waals surface area contributed by atoms with Crippen molar-refractivity contribution in [2.45, 2.75) is 31.5 Å². The molecule has 1 atom stereocenters. The van der Waals surface area contributed by atoms with Gasteiger partial charge < -0.3 is 5.73 Å². The van der Waals surface area contributed by atoms with Crippen LogP contribution in [0.1, 0.15) is 36.4 Å². The van der Waals surface area contributed by atoms with E-state index in [9.17, 15) is 17.6 Å². The van der Waals surface area contributed by atoms with Crippen molar-refractivity contribution in [2.75, 3.05) is 0 Å². The highest BCUT2D eigenvalue weighted by atomic mass is 35.5. The molecule has 0 aromatic heterocycles. The second kappa shape index (κ2) is 5.45. The summed E-state index contributed by atoms with van der Waals surface area (Å²) >= 11 is 0. The van der Waals surface area contributed by atoms with E-state index in [0.29, 0.717) is 17.9 Å². The molecule has 0 radical (unpaired) electrons. The van der Waals surface area contributed by atoms with Crippen LogP contribution in [0.3, 0.4) is 0 Å². The molecule has 0 amide bonds. The van der Waals surface area contributed by atoms with Gasteiger partial charge >= 0.3 is 6.18 Å². The SMILES string of the molecule is Cl.N[C@@H](CC1CC1)c1ccc(C(F)(F)F)c(F)c1. The van der Waals surface area contributed by atoms with E-state index in [-0.39, 0.29) is 18.4 Å². The molecule has 1 aliphatic carbocycles. The molecule has 18 heavy (non-hydrogen) atoms. The molecule has 1 aliphatic rings. The summed E-state index contributed by atoms with van der Waals surface area (Å²) in [5.41, 5.74) is 5.01. The molecular weight excluding hydrogens is 270 g/mol. The van der Waals surface area contributed by atoms with Crippen molar-refractivity contribution in [2.24, 2.45) is 11.7 Å². The van der Waals surface area contributed by atoms with Gasteiger partial charge in [-0.15, -0.1) is 12.4 Å². The van der Waals surface area contributed by atoms with Gasteiger partial charge in [-0.2, -0.15) is 13.2 Å². The third kappa shape index (κ3) is 3.59. The minimum Gasteiger partial charge on any atom is -0.324 e. The van der Waals surface area contributed by atoms with Crippen molar-refractivity contribution in [1.29, 1.82) is 0 Å². The lowest BCUT2D eigenvalue weighted by atomic mass is 10.0. The summed E-state index contributed by atoms with van der Waals surface area (Å²) in [6.45, 7) is 0. The first-order valence-electron chi connectivity index (χ1n) is 5.50. The Labute approximate surface area is 109 Å². The van der Waals surface area contributed by atoms with E-state index in [4.69, 9.17) is 5.73 Å². The van der Waals surface area contributed by atoms with Crippen molar-refractivity contribution in [1.82, 2.24) is 0 Å². The highest BCUT2D eigenvalue weighted by Crippen LogP contribution is 2.38. The number of rotatable bonds is 3. The molecule has 1 nitrogen and oxygen atoms in total. The molecule has 2 N–H and O–H groups in total. The Bertz CT molecular complexity index is 415. The van der Waals surface area contributed by atoms with Crippen molar-refractivity contribution in [3.05, 3.63) is 35.1 Å². The molecule has 6 heteroatoms. The Morgan fingerprint density at radius 1 is 1.28 bits per heavy atom. The molecule has 2 rings (SSSR count). The third-order valence-electron chi connectivity index (χ3n) is 3.01. The minimum absolute atomic E-state index is 0. The van der Waals surface area contributed by atoms with Crippen LogP contribution >= 0.6 is 12.4 Å². The first-order valence-corrected chi connectivity index (χ1v) is 5.50. The monoisotopic (exact) mass is 283 g/mol. The van der Waals surface area contributed by atoms with Crippen LogP contribution in [0.15, 0.2) is 18.2 Å². The van der Waals surface area contributed by atoms with Crippen molar-refractivity contribution in [3.8, 4) is 0 Å². The van der Waals surface area contributed by atoms with Crippen LogP contribution in [-0.2, 0) is 6.18 Å².